The Kier molecular flexibility index (Phi) is 5.90. The zero-order valence-corrected chi connectivity index (χ0v) is 12.3. The fraction of sp³-hybridized carbons (Fsp3) is 0.533. The van der Waals surface area contributed by atoms with Gasteiger partial charge in [-0.25, -0.2) is 4.79 Å². The first-order valence-electron chi connectivity index (χ1n) is 7.01. The summed E-state index contributed by atoms with van der Waals surface area (Å²) in [6.07, 6.45) is 4.66. The van der Waals surface area contributed by atoms with Gasteiger partial charge >= 0.3 is 6.03 Å². The first-order chi connectivity index (χ1) is 9.79. The number of thiophene rings is 1. The largest absolute Gasteiger partial charge is 0.384 e. The van der Waals surface area contributed by atoms with E-state index < -0.39 is 0 Å². The molecule has 108 valence electrons. The number of rotatable bonds is 2. The number of aliphatic hydroxyl groups excluding tert-OH is 1. The molecule has 0 saturated carbocycles. The van der Waals surface area contributed by atoms with E-state index in [-0.39, 0.29) is 12.6 Å². The Balaban J connectivity index is 1.81. The zero-order valence-electron chi connectivity index (χ0n) is 11.5. The van der Waals surface area contributed by atoms with Gasteiger partial charge in [0.2, 0.25) is 0 Å². The van der Waals surface area contributed by atoms with E-state index in [2.05, 4.69) is 17.2 Å². The van der Waals surface area contributed by atoms with Gasteiger partial charge in [-0.15, -0.1) is 11.3 Å². The van der Waals surface area contributed by atoms with Crippen LogP contribution in [-0.2, 0) is 6.54 Å². The van der Waals surface area contributed by atoms with Crippen LogP contribution in [0.4, 0.5) is 4.79 Å². The molecule has 1 saturated heterocycles. The average molecular weight is 292 g/mol. The number of hydrogen-bond acceptors (Lipinski definition) is 3. The molecule has 0 atom stereocenters. The first-order valence-corrected chi connectivity index (χ1v) is 7.82. The average Bonchev–Trinajstić information content (AvgIpc) is 2.73. The fourth-order valence-corrected chi connectivity index (χ4v) is 3.04. The molecule has 20 heavy (non-hydrogen) atoms. The molecule has 2 heterocycles. The molecule has 1 fully saturated rings. The lowest BCUT2D eigenvalue weighted by atomic mass is 10.2. The second kappa shape index (κ2) is 7.93. The predicted molar refractivity (Wildman–Crippen MR) is 80.6 cm³/mol. The Labute approximate surface area is 123 Å². The van der Waals surface area contributed by atoms with E-state index >= 15 is 0 Å². The van der Waals surface area contributed by atoms with Crippen molar-refractivity contribution in [3.63, 3.8) is 0 Å². The van der Waals surface area contributed by atoms with Gasteiger partial charge in [-0.1, -0.05) is 24.7 Å². The monoisotopic (exact) mass is 292 g/mol. The van der Waals surface area contributed by atoms with Crippen molar-refractivity contribution in [1.29, 1.82) is 0 Å². The second-order valence-corrected chi connectivity index (χ2v) is 5.95. The minimum atomic E-state index is -0.126. The summed E-state index contributed by atoms with van der Waals surface area (Å²) in [5.41, 5.74) is 0. The normalized spacial score (nSPS) is 15.2. The third kappa shape index (κ3) is 4.55. The molecule has 1 aliphatic heterocycles. The number of urea groups is 1. The van der Waals surface area contributed by atoms with Crippen LogP contribution in [0, 0.1) is 11.8 Å². The number of aliphatic hydroxyl groups is 1. The zero-order chi connectivity index (χ0) is 14.2. The van der Waals surface area contributed by atoms with Crippen LogP contribution in [0.2, 0.25) is 0 Å². The summed E-state index contributed by atoms with van der Waals surface area (Å²) >= 11 is 1.55. The number of nitrogens with zero attached hydrogens (tertiary/aromatic N) is 1. The van der Waals surface area contributed by atoms with E-state index in [0.717, 1.165) is 35.7 Å². The lowest BCUT2D eigenvalue weighted by Crippen LogP contribution is -2.39. The topological polar surface area (TPSA) is 52.6 Å². The van der Waals surface area contributed by atoms with Crippen molar-refractivity contribution in [3.8, 4) is 11.8 Å². The highest BCUT2D eigenvalue weighted by atomic mass is 32.1. The number of carbonyl (C=O) groups excluding carboxylic acids is 1. The van der Waals surface area contributed by atoms with E-state index in [4.69, 9.17) is 5.11 Å². The fourth-order valence-electron chi connectivity index (χ4n) is 2.22. The van der Waals surface area contributed by atoms with E-state index in [1.165, 1.54) is 12.8 Å². The van der Waals surface area contributed by atoms with Crippen molar-refractivity contribution in [2.45, 2.75) is 32.2 Å². The third-order valence-electron chi connectivity index (χ3n) is 3.26. The minimum Gasteiger partial charge on any atom is -0.384 e. The molecule has 0 aliphatic carbocycles. The molecule has 2 amide bonds. The summed E-state index contributed by atoms with van der Waals surface area (Å²) in [6.45, 7) is 2.15. The molecule has 0 unspecified atom stereocenters. The summed E-state index contributed by atoms with van der Waals surface area (Å²) < 4.78 is 0. The summed E-state index contributed by atoms with van der Waals surface area (Å²) in [4.78, 5) is 16.0. The molecule has 1 aromatic heterocycles. The molecule has 1 aliphatic rings. The number of hydrogen-bond donors (Lipinski definition) is 2. The third-order valence-corrected chi connectivity index (χ3v) is 4.26. The quantitative estimate of drug-likeness (QED) is 0.821. The Bertz CT molecular complexity index is 493. The Morgan fingerprint density at radius 1 is 1.30 bits per heavy atom. The van der Waals surface area contributed by atoms with Crippen molar-refractivity contribution >= 4 is 17.4 Å². The van der Waals surface area contributed by atoms with Crippen LogP contribution in [0.5, 0.6) is 0 Å². The van der Waals surface area contributed by atoms with Crippen LogP contribution in [-0.4, -0.2) is 35.7 Å². The van der Waals surface area contributed by atoms with Gasteiger partial charge in [0.15, 0.2) is 0 Å². The number of amides is 2. The van der Waals surface area contributed by atoms with Crippen molar-refractivity contribution < 1.29 is 9.90 Å². The maximum Gasteiger partial charge on any atom is 0.317 e. The van der Waals surface area contributed by atoms with E-state index in [9.17, 15) is 4.79 Å². The second-order valence-electron chi connectivity index (χ2n) is 4.79. The van der Waals surface area contributed by atoms with Gasteiger partial charge in [0.05, 0.1) is 11.4 Å². The van der Waals surface area contributed by atoms with Gasteiger partial charge in [-0.05, 0) is 25.0 Å². The molecular weight excluding hydrogens is 272 g/mol. The molecule has 2 N–H and O–H groups in total. The minimum absolute atomic E-state index is 0.0308. The molecule has 5 heteroatoms. The highest BCUT2D eigenvalue weighted by Crippen LogP contribution is 2.15. The predicted octanol–water partition coefficient (Wildman–Crippen LogP) is 2.18. The summed E-state index contributed by atoms with van der Waals surface area (Å²) in [6, 6.07) is 3.92. The lowest BCUT2D eigenvalue weighted by molar-refractivity contribution is 0.199. The van der Waals surface area contributed by atoms with Gasteiger partial charge in [0.1, 0.15) is 6.61 Å². The number of likely N-dealkylation sites (tertiary alicyclic amines) is 1. The summed E-state index contributed by atoms with van der Waals surface area (Å²) in [5.74, 6) is 5.49. The van der Waals surface area contributed by atoms with Gasteiger partial charge in [0.25, 0.3) is 0 Å². The molecule has 0 aromatic carbocycles. The van der Waals surface area contributed by atoms with E-state index in [1.54, 1.807) is 11.3 Å². The molecule has 2 rings (SSSR count). The van der Waals surface area contributed by atoms with Crippen LogP contribution in [0.1, 0.15) is 35.4 Å². The van der Waals surface area contributed by atoms with Crippen LogP contribution < -0.4 is 5.32 Å². The Morgan fingerprint density at radius 3 is 2.75 bits per heavy atom. The SMILES string of the molecule is O=C(NCc1ccc(C#CCO)s1)N1CCCCCC1. The molecule has 4 nitrogen and oxygen atoms in total. The smallest absolute Gasteiger partial charge is 0.317 e. The first kappa shape index (κ1) is 14.9. The van der Waals surface area contributed by atoms with Gasteiger partial charge in [-0.3, -0.25) is 0 Å². The molecule has 0 bridgehead atoms. The summed E-state index contributed by atoms with van der Waals surface area (Å²) in [7, 11) is 0. The van der Waals surface area contributed by atoms with Gasteiger partial charge in [0, 0.05) is 18.0 Å². The van der Waals surface area contributed by atoms with Crippen LogP contribution in [0.15, 0.2) is 12.1 Å². The summed E-state index contributed by atoms with van der Waals surface area (Å²) in [5, 5.41) is 11.6. The maximum absolute atomic E-state index is 12.1. The van der Waals surface area contributed by atoms with Crippen molar-refractivity contribution in [2.75, 3.05) is 19.7 Å². The van der Waals surface area contributed by atoms with Gasteiger partial charge in [-0.2, -0.15) is 0 Å². The Morgan fingerprint density at radius 2 is 2.05 bits per heavy atom. The van der Waals surface area contributed by atoms with E-state index in [1.807, 2.05) is 17.0 Å². The van der Waals surface area contributed by atoms with Gasteiger partial charge < -0.3 is 15.3 Å². The standard InChI is InChI=1S/C15H20N2O2S/c18-11-5-6-13-7-8-14(20-13)12-16-15(19)17-9-3-1-2-4-10-17/h7-8,18H,1-4,9-12H2,(H,16,19). The van der Waals surface area contributed by atoms with Crippen molar-refractivity contribution in [2.24, 2.45) is 0 Å². The van der Waals surface area contributed by atoms with Crippen LogP contribution in [0.25, 0.3) is 0 Å². The molecule has 1 aromatic rings. The molecular formula is C15H20N2O2S. The van der Waals surface area contributed by atoms with Crippen LogP contribution in [0.3, 0.4) is 0 Å². The van der Waals surface area contributed by atoms with Crippen molar-refractivity contribution in [1.82, 2.24) is 10.2 Å². The van der Waals surface area contributed by atoms with Crippen LogP contribution >= 0.6 is 11.3 Å². The highest BCUT2D eigenvalue weighted by Gasteiger charge is 2.14. The lowest BCUT2D eigenvalue weighted by Gasteiger charge is -2.20. The molecule has 0 spiro atoms. The van der Waals surface area contributed by atoms with Crippen molar-refractivity contribution in [3.05, 3.63) is 21.9 Å². The number of nitrogens with one attached hydrogen (secondary N) is 1. The molecule has 0 radical (unpaired) electrons. The van der Waals surface area contributed by atoms with E-state index in [0.29, 0.717) is 6.54 Å². The Hall–Kier alpha value is -1.51. The maximum atomic E-state index is 12.1. The highest BCUT2D eigenvalue weighted by molar-refractivity contribution is 7.12. The number of carbonyl (C=O) groups is 1.